The second-order valence-corrected chi connectivity index (χ2v) is 6.54. The molecule has 2 rings (SSSR count). The lowest BCUT2D eigenvalue weighted by molar-refractivity contribution is 0.123. The highest BCUT2D eigenvalue weighted by atomic mass is 16.5. The van der Waals surface area contributed by atoms with E-state index in [1.807, 2.05) is 12.1 Å². The van der Waals surface area contributed by atoms with Crippen molar-refractivity contribution in [1.82, 2.24) is 0 Å². The maximum absolute atomic E-state index is 9.56. The van der Waals surface area contributed by atoms with Crippen LogP contribution in [0.3, 0.4) is 0 Å². The van der Waals surface area contributed by atoms with Crippen LogP contribution in [0.5, 0.6) is 5.75 Å². The van der Waals surface area contributed by atoms with Gasteiger partial charge in [-0.25, -0.2) is 0 Å². The zero-order valence-electron chi connectivity index (χ0n) is 12.4. The molecule has 1 aliphatic rings. The van der Waals surface area contributed by atoms with Crippen LogP contribution >= 0.6 is 0 Å². The minimum absolute atomic E-state index is 0.0476. The molecule has 2 heteroatoms. The number of hydrogen-bond donors (Lipinski definition) is 1. The van der Waals surface area contributed by atoms with E-state index < -0.39 is 0 Å². The maximum atomic E-state index is 9.56. The molecular weight excluding hydrogens is 236 g/mol. The summed E-state index contributed by atoms with van der Waals surface area (Å²) < 4.78 is 6.15. The van der Waals surface area contributed by atoms with Crippen LogP contribution in [0.2, 0.25) is 0 Å². The second kappa shape index (κ2) is 5.96. The Labute approximate surface area is 116 Å². The normalized spacial score (nSPS) is 17.5. The van der Waals surface area contributed by atoms with Gasteiger partial charge in [0.2, 0.25) is 0 Å². The number of benzene rings is 1. The monoisotopic (exact) mass is 262 g/mol. The summed E-state index contributed by atoms with van der Waals surface area (Å²) in [6, 6.07) is 6.19. The van der Waals surface area contributed by atoms with E-state index in [1.54, 1.807) is 0 Å². The lowest BCUT2D eigenvalue weighted by Gasteiger charge is -2.29. The summed E-state index contributed by atoms with van der Waals surface area (Å²) in [5, 5.41) is 9.56. The summed E-state index contributed by atoms with van der Waals surface area (Å²) in [5.41, 5.74) is 1.98. The highest BCUT2D eigenvalue weighted by Gasteiger charge is 2.23. The molecule has 1 saturated carbocycles. The standard InChI is InChI=1S/C17H26O2/c1-17(2,3)19-16-14(12-18)10-7-11-15(16)13-8-5-4-6-9-13/h7,10-11,13,18H,4-6,8-9,12H2,1-3H3. The van der Waals surface area contributed by atoms with Crippen molar-refractivity contribution in [3.63, 3.8) is 0 Å². The first-order chi connectivity index (χ1) is 9.01. The molecule has 0 bridgehead atoms. The van der Waals surface area contributed by atoms with Crippen LogP contribution in [0, 0.1) is 0 Å². The molecule has 1 fully saturated rings. The number of para-hydroxylation sites is 1. The average Bonchev–Trinajstić information content (AvgIpc) is 2.38. The van der Waals surface area contributed by atoms with Gasteiger partial charge in [-0.15, -0.1) is 0 Å². The van der Waals surface area contributed by atoms with Gasteiger partial charge in [0.1, 0.15) is 11.4 Å². The van der Waals surface area contributed by atoms with E-state index in [2.05, 4.69) is 26.8 Å². The molecule has 0 radical (unpaired) electrons. The summed E-state index contributed by atoms with van der Waals surface area (Å²) in [5.74, 6) is 1.52. The van der Waals surface area contributed by atoms with Crippen LogP contribution in [-0.2, 0) is 6.61 Å². The predicted molar refractivity (Wildman–Crippen MR) is 78.6 cm³/mol. The highest BCUT2D eigenvalue weighted by Crippen LogP contribution is 2.40. The average molecular weight is 262 g/mol. The summed E-state index contributed by atoms with van der Waals surface area (Å²) in [7, 11) is 0. The molecule has 2 nitrogen and oxygen atoms in total. The van der Waals surface area contributed by atoms with Gasteiger partial charge in [0, 0.05) is 5.56 Å². The third-order valence-corrected chi connectivity index (χ3v) is 3.75. The molecule has 0 heterocycles. The van der Waals surface area contributed by atoms with E-state index in [0.29, 0.717) is 5.92 Å². The van der Waals surface area contributed by atoms with Gasteiger partial charge in [0.25, 0.3) is 0 Å². The van der Waals surface area contributed by atoms with E-state index in [4.69, 9.17) is 4.74 Å². The Hall–Kier alpha value is -1.02. The summed E-state index contributed by atoms with van der Waals surface area (Å²) in [6.45, 7) is 6.23. The number of aliphatic hydroxyl groups excluding tert-OH is 1. The van der Waals surface area contributed by atoms with Crippen LogP contribution < -0.4 is 4.74 Å². The molecule has 0 amide bonds. The lowest BCUT2D eigenvalue weighted by atomic mass is 9.83. The second-order valence-electron chi connectivity index (χ2n) is 6.54. The van der Waals surface area contributed by atoms with Crippen LogP contribution in [0.4, 0.5) is 0 Å². The Morgan fingerprint density at radius 3 is 2.42 bits per heavy atom. The van der Waals surface area contributed by atoms with Crippen molar-refractivity contribution in [2.24, 2.45) is 0 Å². The van der Waals surface area contributed by atoms with Gasteiger partial charge in [-0.3, -0.25) is 0 Å². The first kappa shape index (κ1) is 14.4. The zero-order chi connectivity index (χ0) is 13.9. The Kier molecular flexibility index (Phi) is 4.51. The molecule has 0 aromatic heterocycles. The lowest BCUT2D eigenvalue weighted by Crippen LogP contribution is -2.25. The minimum Gasteiger partial charge on any atom is -0.487 e. The smallest absolute Gasteiger partial charge is 0.129 e. The number of hydrogen-bond acceptors (Lipinski definition) is 2. The largest absolute Gasteiger partial charge is 0.487 e. The molecule has 0 saturated heterocycles. The topological polar surface area (TPSA) is 29.5 Å². The van der Waals surface area contributed by atoms with E-state index in [0.717, 1.165) is 11.3 Å². The maximum Gasteiger partial charge on any atom is 0.129 e. The van der Waals surface area contributed by atoms with Gasteiger partial charge in [0.15, 0.2) is 0 Å². The van der Waals surface area contributed by atoms with Crippen molar-refractivity contribution in [3.05, 3.63) is 29.3 Å². The number of ether oxygens (including phenoxy) is 1. The fourth-order valence-corrected chi connectivity index (χ4v) is 2.89. The van der Waals surface area contributed by atoms with E-state index >= 15 is 0 Å². The zero-order valence-corrected chi connectivity index (χ0v) is 12.4. The van der Waals surface area contributed by atoms with Crippen LogP contribution in [0.25, 0.3) is 0 Å². The fourth-order valence-electron chi connectivity index (χ4n) is 2.89. The SMILES string of the molecule is CC(C)(C)Oc1c(CO)cccc1C1CCCCC1. The molecule has 0 atom stereocenters. The Balaban J connectivity index is 2.35. The molecule has 0 spiro atoms. The molecule has 106 valence electrons. The highest BCUT2D eigenvalue weighted by molar-refractivity contribution is 5.44. The van der Waals surface area contributed by atoms with E-state index in [9.17, 15) is 5.11 Å². The van der Waals surface area contributed by atoms with Crippen molar-refractivity contribution < 1.29 is 9.84 Å². The molecule has 1 aliphatic carbocycles. The van der Waals surface area contributed by atoms with Crippen molar-refractivity contribution >= 4 is 0 Å². The van der Waals surface area contributed by atoms with E-state index in [-0.39, 0.29) is 12.2 Å². The van der Waals surface area contributed by atoms with Crippen LogP contribution in [0.1, 0.15) is 69.9 Å². The molecule has 1 aromatic carbocycles. The van der Waals surface area contributed by atoms with Crippen molar-refractivity contribution in [2.45, 2.75) is 71.0 Å². The van der Waals surface area contributed by atoms with Gasteiger partial charge in [-0.1, -0.05) is 37.5 Å². The number of aliphatic hydroxyl groups is 1. The van der Waals surface area contributed by atoms with Gasteiger partial charge >= 0.3 is 0 Å². The Morgan fingerprint density at radius 1 is 1.16 bits per heavy atom. The minimum atomic E-state index is -0.227. The predicted octanol–water partition coefficient (Wildman–Crippen LogP) is 4.40. The Morgan fingerprint density at radius 2 is 1.84 bits per heavy atom. The van der Waals surface area contributed by atoms with Gasteiger partial charge in [-0.05, 0) is 45.1 Å². The molecule has 19 heavy (non-hydrogen) atoms. The van der Waals surface area contributed by atoms with Crippen molar-refractivity contribution in [3.8, 4) is 5.75 Å². The summed E-state index contributed by atoms with van der Waals surface area (Å²) in [4.78, 5) is 0. The van der Waals surface area contributed by atoms with Gasteiger partial charge in [0.05, 0.1) is 6.61 Å². The quantitative estimate of drug-likeness (QED) is 0.874. The first-order valence-corrected chi connectivity index (χ1v) is 7.43. The van der Waals surface area contributed by atoms with Crippen molar-refractivity contribution in [2.75, 3.05) is 0 Å². The number of rotatable bonds is 3. The third kappa shape index (κ3) is 3.73. The van der Waals surface area contributed by atoms with Crippen LogP contribution in [0.15, 0.2) is 18.2 Å². The Bertz CT molecular complexity index is 412. The summed E-state index contributed by atoms with van der Waals surface area (Å²) in [6.07, 6.45) is 6.46. The molecule has 1 aromatic rings. The molecular formula is C17H26O2. The van der Waals surface area contributed by atoms with Gasteiger partial charge in [-0.2, -0.15) is 0 Å². The first-order valence-electron chi connectivity index (χ1n) is 7.43. The van der Waals surface area contributed by atoms with Crippen LogP contribution in [-0.4, -0.2) is 10.7 Å². The summed E-state index contributed by atoms with van der Waals surface area (Å²) >= 11 is 0. The van der Waals surface area contributed by atoms with E-state index in [1.165, 1.54) is 37.7 Å². The molecule has 0 unspecified atom stereocenters. The molecule has 0 aliphatic heterocycles. The molecule has 1 N–H and O–H groups in total. The van der Waals surface area contributed by atoms with Gasteiger partial charge < -0.3 is 9.84 Å². The van der Waals surface area contributed by atoms with Crippen molar-refractivity contribution in [1.29, 1.82) is 0 Å². The fraction of sp³-hybridized carbons (Fsp3) is 0.647. The third-order valence-electron chi connectivity index (χ3n) is 3.75.